The lowest BCUT2D eigenvalue weighted by Gasteiger charge is -2.07. The number of phenols is 1. The molecule has 0 aliphatic rings. The monoisotopic (exact) mass is 340 g/mol. The first-order valence-corrected chi connectivity index (χ1v) is 7.22. The molecule has 0 saturated carbocycles. The molecular weight excluding hydrogens is 332 g/mol. The lowest BCUT2D eigenvalue weighted by Crippen LogP contribution is -1.99. The van der Waals surface area contributed by atoms with Gasteiger partial charge in [-0.1, -0.05) is 18.2 Å². The third-order valence-corrected chi connectivity index (χ3v) is 4.35. The van der Waals surface area contributed by atoms with Crippen LogP contribution in [0.2, 0.25) is 0 Å². The van der Waals surface area contributed by atoms with Crippen molar-refractivity contribution in [1.29, 1.82) is 0 Å². The van der Waals surface area contributed by atoms with E-state index >= 15 is 0 Å². The van der Waals surface area contributed by atoms with Gasteiger partial charge in [0.25, 0.3) is 0 Å². The fourth-order valence-electron chi connectivity index (χ4n) is 2.70. The summed E-state index contributed by atoms with van der Waals surface area (Å²) in [6, 6.07) is 14.6. The molecule has 1 aromatic heterocycles. The highest BCUT2D eigenvalue weighted by Gasteiger charge is 2.12. The van der Waals surface area contributed by atoms with Gasteiger partial charge in [0, 0.05) is 16.2 Å². The van der Waals surface area contributed by atoms with Gasteiger partial charge in [-0.05, 0) is 51.6 Å². The number of halogens is 1. The zero-order chi connectivity index (χ0) is 14.6. The Balaban J connectivity index is 2.33. The second-order valence-electron chi connectivity index (χ2n) is 4.87. The van der Waals surface area contributed by atoms with Crippen LogP contribution in [-0.2, 0) is 0 Å². The van der Waals surface area contributed by atoms with Crippen LogP contribution in [0.25, 0.3) is 32.5 Å². The van der Waals surface area contributed by atoms with Crippen LogP contribution >= 0.6 is 15.9 Å². The van der Waals surface area contributed by atoms with E-state index < -0.39 is 0 Å². The maximum Gasteiger partial charge on any atom is 0.344 e. The van der Waals surface area contributed by atoms with Gasteiger partial charge in [-0.2, -0.15) is 0 Å². The molecule has 4 aromatic rings. The van der Waals surface area contributed by atoms with E-state index in [2.05, 4.69) is 15.9 Å². The van der Waals surface area contributed by atoms with Gasteiger partial charge in [0.15, 0.2) is 0 Å². The van der Waals surface area contributed by atoms with E-state index in [1.165, 1.54) is 0 Å². The maximum atomic E-state index is 12.1. The summed E-state index contributed by atoms with van der Waals surface area (Å²) in [6.45, 7) is 0. The second-order valence-corrected chi connectivity index (χ2v) is 5.72. The van der Waals surface area contributed by atoms with Crippen molar-refractivity contribution in [3.05, 3.63) is 63.4 Å². The van der Waals surface area contributed by atoms with E-state index in [-0.39, 0.29) is 11.4 Å². The summed E-state index contributed by atoms with van der Waals surface area (Å²) < 4.78 is 6.11. The minimum atomic E-state index is -0.368. The van der Waals surface area contributed by atoms with Gasteiger partial charge in [0.05, 0.1) is 9.86 Å². The lowest BCUT2D eigenvalue weighted by molar-refractivity contribution is 0.478. The van der Waals surface area contributed by atoms with E-state index in [1.807, 2.05) is 36.4 Å². The third-order valence-electron chi connectivity index (χ3n) is 3.71. The topological polar surface area (TPSA) is 50.4 Å². The summed E-state index contributed by atoms with van der Waals surface area (Å²) in [5, 5.41) is 13.8. The Morgan fingerprint density at radius 1 is 0.810 bits per heavy atom. The molecule has 0 amide bonds. The number of fused-ring (bicyclic) bond motifs is 5. The summed E-state index contributed by atoms with van der Waals surface area (Å²) in [4.78, 5) is 12.1. The van der Waals surface area contributed by atoms with Crippen molar-refractivity contribution < 1.29 is 9.52 Å². The average Bonchev–Trinajstić information content (AvgIpc) is 2.51. The van der Waals surface area contributed by atoms with Gasteiger partial charge in [-0.15, -0.1) is 0 Å². The summed E-state index contributed by atoms with van der Waals surface area (Å²) in [5.41, 5.74) is 0.131. The minimum absolute atomic E-state index is 0.144. The normalized spacial score (nSPS) is 11.5. The number of phenolic OH excluding ortho intramolecular Hbond substituents is 1. The Hall–Kier alpha value is -2.33. The van der Waals surface area contributed by atoms with Crippen molar-refractivity contribution in [3.63, 3.8) is 0 Å². The van der Waals surface area contributed by atoms with Crippen LogP contribution in [0, 0.1) is 0 Å². The number of hydrogen-bond acceptors (Lipinski definition) is 3. The van der Waals surface area contributed by atoms with Gasteiger partial charge >= 0.3 is 5.63 Å². The molecule has 1 N–H and O–H groups in total. The number of benzene rings is 3. The summed E-state index contributed by atoms with van der Waals surface area (Å²) in [5.74, 6) is 0.144. The Kier molecular flexibility index (Phi) is 2.56. The molecule has 0 saturated heterocycles. The number of aromatic hydroxyl groups is 1. The zero-order valence-electron chi connectivity index (χ0n) is 10.8. The van der Waals surface area contributed by atoms with Crippen LogP contribution < -0.4 is 5.63 Å². The third kappa shape index (κ3) is 1.69. The van der Waals surface area contributed by atoms with E-state index in [4.69, 9.17) is 4.42 Å². The number of hydrogen-bond donors (Lipinski definition) is 1. The van der Waals surface area contributed by atoms with Crippen molar-refractivity contribution in [2.75, 3.05) is 0 Å². The highest BCUT2D eigenvalue weighted by atomic mass is 79.9. The Labute approximate surface area is 127 Å². The lowest BCUT2D eigenvalue weighted by atomic mass is 10.0. The fraction of sp³-hybridized carbons (Fsp3) is 0. The van der Waals surface area contributed by atoms with Gasteiger partial charge in [0.1, 0.15) is 11.3 Å². The molecule has 3 nitrogen and oxygen atoms in total. The van der Waals surface area contributed by atoms with Gasteiger partial charge in [-0.25, -0.2) is 4.79 Å². The van der Waals surface area contributed by atoms with E-state index in [1.54, 1.807) is 12.1 Å². The molecule has 0 atom stereocenters. The van der Waals surface area contributed by atoms with Crippen LogP contribution in [0.3, 0.4) is 0 Å². The SMILES string of the molecule is O=c1oc2c3ccc(Br)c(O)c3ccc2c2ccccc12. The molecule has 0 spiro atoms. The van der Waals surface area contributed by atoms with Crippen molar-refractivity contribution in [2.24, 2.45) is 0 Å². The molecule has 1 heterocycles. The fourth-order valence-corrected chi connectivity index (χ4v) is 3.05. The number of rotatable bonds is 0. The van der Waals surface area contributed by atoms with Crippen LogP contribution in [0.4, 0.5) is 0 Å². The summed E-state index contributed by atoms with van der Waals surface area (Å²) >= 11 is 3.29. The van der Waals surface area contributed by atoms with E-state index in [0.717, 1.165) is 16.2 Å². The van der Waals surface area contributed by atoms with Crippen molar-refractivity contribution in [1.82, 2.24) is 0 Å². The van der Waals surface area contributed by atoms with Crippen LogP contribution in [0.15, 0.2) is 62.2 Å². The van der Waals surface area contributed by atoms with E-state index in [0.29, 0.717) is 20.8 Å². The molecule has 4 rings (SSSR count). The highest BCUT2D eigenvalue weighted by Crippen LogP contribution is 2.37. The largest absolute Gasteiger partial charge is 0.506 e. The molecule has 0 bridgehead atoms. The molecule has 0 fully saturated rings. The van der Waals surface area contributed by atoms with Crippen LogP contribution in [0.5, 0.6) is 5.75 Å². The first-order chi connectivity index (χ1) is 10.2. The molecule has 4 heteroatoms. The Morgan fingerprint density at radius 2 is 1.43 bits per heavy atom. The Morgan fingerprint density at radius 3 is 2.24 bits per heavy atom. The van der Waals surface area contributed by atoms with Crippen molar-refractivity contribution in [3.8, 4) is 5.75 Å². The first kappa shape index (κ1) is 12.4. The van der Waals surface area contributed by atoms with Gasteiger partial charge in [-0.3, -0.25) is 0 Å². The predicted octanol–water partition coefficient (Wildman–Crippen LogP) is 4.57. The highest BCUT2D eigenvalue weighted by molar-refractivity contribution is 9.10. The molecule has 21 heavy (non-hydrogen) atoms. The molecule has 0 radical (unpaired) electrons. The van der Waals surface area contributed by atoms with Gasteiger partial charge in [0.2, 0.25) is 0 Å². The molecule has 0 aliphatic carbocycles. The molecule has 0 aliphatic heterocycles. The molecule has 102 valence electrons. The van der Waals surface area contributed by atoms with Crippen LogP contribution in [0.1, 0.15) is 0 Å². The quantitative estimate of drug-likeness (QED) is 0.377. The first-order valence-electron chi connectivity index (χ1n) is 6.42. The standard InChI is InChI=1S/C17H9BrO3/c18-14-8-7-12-10(15(14)19)5-6-11-9-3-1-2-4-13(9)17(20)21-16(11)12/h1-8,19H. The minimum Gasteiger partial charge on any atom is -0.506 e. The molecule has 0 unspecified atom stereocenters. The summed E-state index contributed by atoms with van der Waals surface area (Å²) in [7, 11) is 0. The molecule has 3 aromatic carbocycles. The average molecular weight is 341 g/mol. The Bertz CT molecular complexity index is 1080. The summed E-state index contributed by atoms with van der Waals surface area (Å²) in [6.07, 6.45) is 0. The van der Waals surface area contributed by atoms with E-state index in [9.17, 15) is 9.90 Å². The molecular formula is C17H9BrO3. The van der Waals surface area contributed by atoms with Crippen LogP contribution in [-0.4, -0.2) is 5.11 Å². The maximum absolute atomic E-state index is 12.1. The second kappa shape index (κ2) is 4.33. The van der Waals surface area contributed by atoms with Crippen molar-refractivity contribution in [2.45, 2.75) is 0 Å². The zero-order valence-corrected chi connectivity index (χ0v) is 12.3. The van der Waals surface area contributed by atoms with Crippen molar-refractivity contribution >= 4 is 48.4 Å². The van der Waals surface area contributed by atoms with Gasteiger partial charge < -0.3 is 9.52 Å². The smallest absolute Gasteiger partial charge is 0.344 e. The predicted molar refractivity (Wildman–Crippen MR) is 86.9 cm³/mol.